The number of nitrogens with zero attached hydrogens (tertiary/aromatic N) is 1. The van der Waals surface area contributed by atoms with Gasteiger partial charge in [0.05, 0.1) is 6.42 Å². The highest BCUT2D eigenvalue weighted by Gasteiger charge is 2.16. The van der Waals surface area contributed by atoms with E-state index < -0.39 is 0 Å². The number of hydrogen-bond acceptors (Lipinski definition) is 3. The number of para-hydroxylation sites is 1. The third-order valence-electron chi connectivity index (χ3n) is 3.54. The Morgan fingerprint density at radius 1 is 1.37 bits per heavy atom. The normalized spacial score (nSPS) is 17.3. The fourth-order valence-corrected chi connectivity index (χ4v) is 2.59. The number of anilines is 1. The van der Waals surface area contributed by atoms with Gasteiger partial charge in [-0.25, -0.2) is 0 Å². The summed E-state index contributed by atoms with van der Waals surface area (Å²) in [5.74, 6) is 0.0459. The molecule has 1 aliphatic rings. The highest BCUT2D eigenvalue weighted by molar-refractivity contribution is 5.80. The number of likely N-dealkylation sites (tertiary alicyclic amines) is 1. The van der Waals surface area contributed by atoms with Crippen molar-refractivity contribution in [2.75, 3.05) is 25.4 Å². The number of nitrogens with two attached hydrogens (primary N) is 1. The number of hydrogen-bond donors (Lipinski definition) is 2. The number of nitrogens with one attached hydrogen (secondary N) is 1. The average molecular weight is 261 g/mol. The molecule has 0 bridgehead atoms. The predicted molar refractivity (Wildman–Crippen MR) is 77.8 cm³/mol. The maximum absolute atomic E-state index is 12.0. The lowest BCUT2D eigenvalue weighted by Crippen LogP contribution is -2.41. The van der Waals surface area contributed by atoms with E-state index in [1.165, 1.54) is 12.8 Å². The van der Waals surface area contributed by atoms with Crippen molar-refractivity contribution in [1.29, 1.82) is 0 Å². The van der Waals surface area contributed by atoms with Gasteiger partial charge in [0.2, 0.25) is 5.91 Å². The molecule has 1 atom stereocenters. The van der Waals surface area contributed by atoms with E-state index in [0.29, 0.717) is 12.1 Å². The summed E-state index contributed by atoms with van der Waals surface area (Å²) in [5.41, 5.74) is 7.43. The molecule has 1 heterocycles. The molecule has 0 radical (unpaired) electrons. The lowest BCUT2D eigenvalue weighted by atomic mass is 10.1. The summed E-state index contributed by atoms with van der Waals surface area (Å²) >= 11 is 0. The van der Waals surface area contributed by atoms with Crippen molar-refractivity contribution in [1.82, 2.24) is 10.2 Å². The third-order valence-corrected chi connectivity index (χ3v) is 3.54. The maximum Gasteiger partial charge on any atom is 0.224 e. The topological polar surface area (TPSA) is 58.4 Å². The Kier molecular flexibility index (Phi) is 4.80. The highest BCUT2D eigenvalue weighted by Crippen LogP contribution is 2.11. The molecule has 1 unspecified atom stereocenters. The second-order valence-corrected chi connectivity index (χ2v) is 5.35. The fourth-order valence-electron chi connectivity index (χ4n) is 2.59. The van der Waals surface area contributed by atoms with Crippen molar-refractivity contribution < 1.29 is 4.79 Å². The molecule has 4 heteroatoms. The van der Waals surface area contributed by atoms with E-state index in [-0.39, 0.29) is 11.9 Å². The standard InChI is InChI=1S/C15H23N3O/c1-12(11-18-8-4-5-9-18)17-15(19)10-13-6-2-3-7-14(13)16/h2-3,6-7,12H,4-5,8-11,16H2,1H3,(H,17,19). The number of benzene rings is 1. The van der Waals surface area contributed by atoms with Gasteiger partial charge in [-0.2, -0.15) is 0 Å². The number of nitrogen functional groups attached to an aromatic ring is 1. The Labute approximate surface area is 115 Å². The zero-order chi connectivity index (χ0) is 13.7. The first-order chi connectivity index (χ1) is 9.15. The first-order valence-corrected chi connectivity index (χ1v) is 7.00. The van der Waals surface area contributed by atoms with Crippen LogP contribution in [-0.2, 0) is 11.2 Å². The van der Waals surface area contributed by atoms with E-state index in [0.717, 1.165) is 25.2 Å². The average Bonchev–Trinajstić information content (AvgIpc) is 2.84. The maximum atomic E-state index is 12.0. The molecule has 2 rings (SSSR count). The van der Waals surface area contributed by atoms with E-state index >= 15 is 0 Å². The number of amides is 1. The van der Waals surface area contributed by atoms with Crippen molar-refractivity contribution in [2.24, 2.45) is 0 Å². The molecule has 0 saturated carbocycles. The van der Waals surface area contributed by atoms with Crippen LogP contribution in [0.2, 0.25) is 0 Å². The summed E-state index contributed by atoms with van der Waals surface area (Å²) in [5, 5.41) is 3.05. The summed E-state index contributed by atoms with van der Waals surface area (Å²) in [6.45, 7) is 5.32. The monoisotopic (exact) mass is 261 g/mol. The van der Waals surface area contributed by atoms with Gasteiger partial charge >= 0.3 is 0 Å². The first kappa shape index (κ1) is 13.9. The summed E-state index contributed by atoms with van der Waals surface area (Å²) < 4.78 is 0. The fraction of sp³-hybridized carbons (Fsp3) is 0.533. The minimum Gasteiger partial charge on any atom is -0.398 e. The second-order valence-electron chi connectivity index (χ2n) is 5.35. The van der Waals surface area contributed by atoms with Crippen LogP contribution in [0.3, 0.4) is 0 Å². The van der Waals surface area contributed by atoms with Crippen LogP contribution in [0.5, 0.6) is 0 Å². The predicted octanol–water partition coefficient (Wildman–Crippen LogP) is 1.41. The van der Waals surface area contributed by atoms with Crippen LogP contribution in [0.15, 0.2) is 24.3 Å². The molecular formula is C15H23N3O. The van der Waals surface area contributed by atoms with Gasteiger partial charge < -0.3 is 16.0 Å². The van der Waals surface area contributed by atoms with E-state index in [1.54, 1.807) is 0 Å². The zero-order valence-electron chi connectivity index (χ0n) is 11.6. The van der Waals surface area contributed by atoms with Crippen LogP contribution in [0.25, 0.3) is 0 Å². The van der Waals surface area contributed by atoms with Gasteiger partial charge in [0, 0.05) is 18.3 Å². The van der Waals surface area contributed by atoms with E-state index in [1.807, 2.05) is 24.3 Å². The van der Waals surface area contributed by atoms with Crippen LogP contribution in [-0.4, -0.2) is 36.5 Å². The second kappa shape index (κ2) is 6.57. The smallest absolute Gasteiger partial charge is 0.224 e. The molecule has 0 spiro atoms. The van der Waals surface area contributed by atoms with Gasteiger partial charge in [0.25, 0.3) is 0 Å². The summed E-state index contributed by atoms with van der Waals surface area (Å²) in [6.07, 6.45) is 2.92. The number of carbonyl (C=O) groups excluding carboxylic acids is 1. The minimum atomic E-state index is 0.0459. The van der Waals surface area contributed by atoms with Gasteiger partial charge in [-0.1, -0.05) is 18.2 Å². The molecule has 1 fully saturated rings. The molecule has 0 aromatic heterocycles. The molecule has 1 aromatic rings. The molecule has 3 N–H and O–H groups in total. The molecule has 0 aliphatic carbocycles. The Morgan fingerprint density at radius 3 is 2.74 bits per heavy atom. The third kappa shape index (κ3) is 4.24. The quantitative estimate of drug-likeness (QED) is 0.788. The van der Waals surface area contributed by atoms with Crippen LogP contribution >= 0.6 is 0 Å². The van der Waals surface area contributed by atoms with Crippen LogP contribution in [0.4, 0.5) is 5.69 Å². The lowest BCUT2D eigenvalue weighted by molar-refractivity contribution is -0.121. The summed E-state index contributed by atoms with van der Waals surface area (Å²) in [7, 11) is 0. The van der Waals surface area contributed by atoms with Gasteiger partial charge in [0.15, 0.2) is 0 Å². The van der Waals surface area contributed by atoms with Crippen molar-refractivity contribution in [3.05, 3.63) is 29.8 Å². The SMILES string of the molecule is CC(CN1CCCC1)NC(=O)Cc1ccccc1N. The molecule has 4 nitrogen and oxygen atoms in total. The van der Waals surface area contributed by atoms with Crippen molar-refractivity contribution in [3.63, 3.8) is 0 Å². The molecule has 1 aromatic carbocycles. The van der Waals surface area contributed by atoms with Gasteiger partial charge in [-0.05, 0) is 44.5 Å². The molecule has 19 heavy (non-hydrogen) atoms. The van der Waals surface area contributed by atoms with Crippen molar-refractivity contribution in [2.45, 2.75) is 32.2 Å². The number of carbonyl (C=O) groups is 1. The largest absolute Gasteiger partial charge is 0.398 e. The Bertz CT molecular complexity index is 427. The Hall–Kier alpha value is -1.55. The van der Waals surface area contributed by atoms with Crippen LogP contribution in [0, 0.1) is 0 Å². The highest BCUT2D eigenvalue weighted by atomic mass is 16.1. The lowest BCUT2D eigenvalue weighted by Gasteiger charge is -2.21. The molecule has 1 amide bonds. The van der Waals surface area contributed by atoms with Crippen molar-refractivity contribution >= 4 is 11.6 Å². The van der Waals surface area contributed by atoms with Gasteiger partial charge in [0.1, 0.15) is 0 Å². The summed E-state index contributed by atoms with van der Waals surface area (Å²) in [4.78, 5) is 14.4. The van der Waals surface area contributed by atoms with E-state index in [4.69, 9.17) is 5.73 Å². The molecule has 104 valence electrons. The molecular weight excluding hydrogens is 238 g/mol. The van der Waals surface area contributed by atoms with E-state index in [2.05, 4.69) is 17.1 Å². The van der Waals surface area contributed by atoms with Gasteiger partial charge in [-0.3, -0.25) is 4.79 Å². The first-order valence-electron chi connectivity index (χ1n) is 7.00. The Balaban J connectivity index is 1.79. The molecule has 1 saturated heterocycles. The van der Waals surface area contributed by atoms with Crippen LogP contribution < -0.4 is 11.1 Å². The molecule has 1 aliphatic heterocycles. The van der Waals surface area contributed by atoms with Gasteiger partial charge in [-0.15, -0.1) is 0 Å². The van der Waals surface area contributed by atoms with E-state index in [9.17, 15) is 4.79 Å². The Morgan fingerprint density at radius 2 is 2.05 bits per heavy atom. The zero-order valence-corrected chi connectivity index (χ0v) is 11.6. The summed E-state index contributed by atoms with van der Waals surface area (Å²) in [6, 6.07) is 7.71. The minimum absolute atomic E-state index is 0.0459. The number of rotatable bonds is 5. The van der Waals surface area contributed by atoms with Crippen LogP contribution in [0.1, 0.15) is 25.3 Å². The van der Waals surface area contributed by atoms with Crippen molar-refractivity contribution in [3.8, 4) is 0 Å².